The molecule has 0 saturated carbocycles. The van der Waals surface area contributed by atoms with Gasteiger partial charge in [-0.3, -0.25) is 14.9 Å². The molecule has 0 fully saturated rings. The first-order valence-corrected chi connectivity index (χ1v) is 5.39. The van der Waals surface area contributed by atoms with Crippen LogP contribution in [0.25, 0.3) is 0 Å². The van der Waals surface area contributed by atoms with E-state index in [-0.39, 0.29) is 15.9 Å². The van der Waals surface area contributed by atoms with Gasteiger partial charge in [-0.15, -0.1) is 0 Å². The third kappa shape index (κ3) is 3.98. The van der Waals surface area contributed by atoms with Gasteiger partial charge in [0.2, 0.25) is 5.24 Å². The van der Waals surface area contributed by atoms with Gasteiger partial charge in [0, 0.05) is 18.1 Å². The van der Waals surface area contributed by atoms with E-state index in [0.29, 0.717) is 24.8 Å². The fourth-order valence-electron chi connectivity index (χ4n) is 1.48. The van der Waals surface area contributed by atoms with Gasteiger partial charge in [0.25, 0.3) is 5.69 Å². The van der Waals surface area contributed by atoms with E-state index >= 15 is 0 Å². The number of para-hydroxylation sites is 1. The number of halogens is 1. The number of aryl methyl sites for hydroxylation is 1. The number of rotatable bonds is 6. The van der Waals surface area contributed by atoms with Crippen LogP contribution < -0.4 is 0 Å². The lowest BCUT2D eigenvalue weighted by Gasteiger charge is -2.01. The van der Waals surface area contributed by atoms with E-state index < -0.39 is 0 Å². The summed E-state index contributed by atoms with van der Waals surface area (Å²) in [6, 6.07) is 6.64. The zero-order valence-corrected chi connectivity index (χ0v) is 9.44. The van der Waals surface area contributed by atoms with Crippen molar-refractivity contribution < 1.29 is 9.72 Å². The lowest BCUT2D eigenvalue weighted by atomic mass is 10.1. The predicted molar refractivity (Wildman–Crippen MR) is 61.5 cm³/mol. The van der Waals surface area contributed by atoms with Crippen LogP contribution in [-0.4, -0.2) is 10.2 Å². The number of unbranched alkanes of at least 4 members (excludes halogenated alkanes) is 1. The maximum absolute atomic E-state index is 10.7. The highest BCUT2D eigenvalue weighted by molar-refractivity contribution is 6.63. The molecule has 0 N–H and O–H groups in total. The molecule has 1 rings (SSSR count). The van der Waals surface area contributed by atoms with Crippen LogP contribution in [0.3, 0.4) is 0 Å². The molecule has 0 aliphatic rings. The molecule has 0 saturated heterocycles. The maximum Gasteiger partial charge on any atom is 0.272 e. The number of carbonyl (C=O) groups excluding carboxylic acids is 1. The van der Waals surface area contributed by atoms with Gasteiger partial charge < -0.3 is 0 Å². The molecule has 4 nitrogen and oxygen atoms in total. The predicted octanol–water partition coefficient (Wildman–Crippen LogP) is 3.07. The van der Waals surface area contributed by atoms with Crippen molar-refractivity contribution in [1.82, 2.24) is 0 Å². The lowest BCUT2D eigenvalue weighted by Crippen LogP contribution is -1.96. The average molecular weight is 242 g/mol. The molecule has 0 atom stereocenters. The SMILES string of the molecule is O=C(Cl)CCCCc1ccccc1[N+](=O)[O-]. The number of hydrogen-bond donors (Lipinski definition) is 0. The lowest BCUT2D eigenvalue weighted by molar-refractivity contribution is -0.385. The molecule has 0 radical (unpaired) electrons. The number of nitrogens with zero attached hydrogens (tertiary/aromatic N) is 1. The minimum absolute atomic E-state index is 0.139. The fraction of sp³-hybridized carbons (Fsp3) is 0.364. The summed E-state index contributed by atoms with van der Waals surface area (Å²) < 4.78 is 0. The second-order valence-electron chi connectivity index (χ2n) is 3.45. The van der Waals surface area contributed by atoms with Gasteiger partial charge in [0.15, 0.2) is 0 Å². The second-order valence-corrected chi connectivity index (χ2v) is 3.87. The minimum atomic E-state index is -0.387. The van der Waals surface area contributed by atoms with E-state index in [9.17, 15) is 14.9 Å². The summed E-state index contributed by atoms with van der Waals surface area (Å²) in [5.74, 6) is 0. The van der Waals surface area contributed by atoms with Gasteiger partial charge in [-0.2, -0.15) is 0 Å². The van der Waals surface area contributed by atoms with Crippen molar-refractivity contribution in [3.05, 3.63) is 39.9 Å². The smallest absolute Gasteiger partial charge is 0.272 e. The standard InChI is InChI=1S/C11H12ClNO3/c12-11(14)8-4-2-6-9-5-1-3-7-10(9)13(15)16/h1,3,5,7H,2,4,6,8H2. The van der Waals surface area contributed by atoms with Gasteiger partial charge in [-0.25, -0.2) is 0 Å². The Kier molecular flexibility index (Phi) is 4.92. The fourth-order valence-corrected chi connectivity index (χ4v) is 1.61. The first-order chi connectivity index (χ1) is 7.61. The third-order valence-electron chi connectivity index (χ3n) is 2.26. The van der Waals surface area contributed by atoms with E-state index in [4.69, 9.17) is 11.6 Å². The zero-order valence-electron chi connectivity index (χ0n) is 8.69. The van der Waals surface area contributed by atoms with Crippen molar-refractivity contribution in [1.29, 1.82) is 0 Å². The van der Waals surface area contributed by atoms with Crippen molar-refractivity contribution in [3.8, 4) is 0 Å². The Morgan fingerprint density at radius 2 is 2.00 bits per heavy atom. The Hall–Kier alpha value is -1.42. The number of hydrogen-bond acceptors (Lipinski definition) is 3. The van der Waals surface area contributed by atoms with Crippen molar-refractivity contribution in [2.75, 3.05) is 0 Å². The van der Waals surface area contributed by atoms with Crippen LogP contribution in [0.15, 0.2) is 24.3 Å². The molecular formula is C11H12ClNO3. The van der Waals surface area contributed by atoms with Crippen LogP contribution in [0, 0.1) is 10.1 Å². The summed E-state index contributed by atoms with van der Waals surface area (Å²) in [5, 5.41) is 10.3. The van der Waals surface area contributed by atoms with Crippen LogP contribution >= 0.6 is 11.6 Å². The summed E-state index contributed by atoms with van der Waals surface area (Å²) in [6.45, 7) is 0. The molecule has 0 unspecified atom stereocenters. The number of carbonyl (C=O) groups is 1. The molecule has 16 heavy (non-hydrogen) atoms. The quantitative estimate of drug-likeness (QED) is 0.333. The van der Waals surface area contributed by atoms with Gasteiger partial charge in [-0.1, -0.05) is 18.2 Å². The molecule has 0 heterocycles. The Morgan fingerprint density at radius 1 is 1.31 bits per heavy atom. The summed E-state index contributed by atoms with van der Waals surface area (Å²) >= 11 is 5.19. The normalized spacial score (nSPS) is 10.1. The first-order valence-electron chi connectivity index (χ1n) is 5.02. The molecule has 0 aliphatic heterocycles. The topological polar surface area (TPSA) is 60.2 Å². The van der Waals surface area contributed by atoms with Crippen LogP contribution in [0.1, 0.15) is 24.8 Å². The Morgan fingerprint density at radius 3 is 2.62 bits per heavy atom. The van der Waals surface area contributed by atoms with E-state index in [2.05, 4.69) is 0 Å². The molecule has 5 heteroatoms. The minimum Gasteiger partial charge on any atom is -0.281 e. The summed E-state index contributed by atoms with van der Waals surface area (Å²) in [4.78, 5) is 20.8. The van der Waals surface area contributed by atoms with E-state index in [0.717, 1.165) is 6.42 Å². The van der Waals surface area contributed by atoms with Crippen LogP contribution in [-0.2, 0) is 11.2 Å². The van der Waals surface area contributed by atoms with Crippen molar-refractivity contribution in [2.45, 2.75) is 25.7 Å². The van der Waals surface area contributed by atoms with Gasteiger partial charge >= 0.3 is 0 Å². The largest absolute Gasteiger partial charge is 0.281 e. The molecule has 1 aromatic rings. The monoisotopic (exact) mass is 241 g/mol. The summed E-state index contributed by atoms with van der Waals surface area (Å²) in [5.41, 5.74) is 0.842. The van der Waals surface area contributed by atoms with E-state index in [1.54, 1.807) is 18.2 Å². The van der Waals surface area contributed by atoms with E-state index in [1.165, 1.54) is 6.07 Å². The zero-order chi connectivity index (χ0) is 12.0. The highest BCUT2D eigenvalue weighted by Gasteiger charge is 2.11. The molecule has 1 aromatic carbocycles. The Balaban J connectivity index is 2.53. The number of benzene rings is 1. The van der Waals surface area contributed by atoms with Crippen LogP contribution in [0.2, 0.25) is 0 Å². The van der Waals surface area contributed by atoms with Gasteiger partial charge in [0.05, 0.1) is 4.92 Å². The van der Waals surface area contributed by atoms with Gasteiger partial charge in [0.1, 0.15) is 0 Å². The van der Waals surface area contributed by atoms with Crippen LogP contribution in [0.5, 0.6) is 0 Å². The summed E-state index contributed by atoms with van der Waals surface area (Å²) in [6.07, 6.45) is 2.31. The molecule has 0 aromatic heterocycles. The average Bonchev–Trinajstić information content (AvgIpc) is 2.24. The van der Waals surface area contributed by atoms with Gasteiger partial charge in [-0.05, 0) is 30.9 Å². The molecular weight excluding hydrogens is 230 g/mol. The van der Waals surface area contributed by atoms with Crippen molar-refractivity contribution in [3.63, 3.8) is 0 Å². The van der Waals surface area contributed by atoms with Crippen molar-refractivity contribution in [2.24, 2.45) is 0 Å². The highest BCUT2D eigenvalue weighted by atomic mass is 35.5. The number of nitro benzene ring substituents is 1. The molecule has 0 amide bonds. The van der Waals surface area contributed by atoms with E-state index in [1.807, 2.05) is 0 Å². The second kappa shape index (κ2) is 6.23. The molecule has 0 aliphatic carbocycles. The third-order valence-corrected chi connectivity index (χ3v) is 2.45. The summed E-state index contributed by atoms with van der Waals surface area (Å²) in [7, 11) is 0. The highest BCUT2D eigenvalue weighted by Crippen LogP contribution is 2.19. The first kappa shape index (κ1) is 12.6. The molecule has 86 valence electrons. The van der Waals surface area contributed by atoms with Crippen molar-refractivity contribution >= 4 is 22.5 Å². The Labute approximate surface area is 98.4 Å². The maximum atomic E-state index is 10.7. The molecule has 0 spiro atoms. The molecule has 0 bridgehead atoms. The van der Waals surface area contributed by atoms with Crippen LogP contribution in [0.4, 0.5) is 5.69 Å². The number of nitro groups is 1. The Bertz CT molecular complexity index is 393.